The number of primary sulfonamides is 1. The van der Waals surface area contributed by atoms with Crippen molar-refractivity contribution in [2.75, 3.05) is 23.3 Å². The first-order valence-electron chi connectivity index (χ1n) is 8.05. The number of benzene rings is 2. The van der Waals surface area contributed by atoms with Gasteiger partial charge in [-0.3, -0.25) is 4.79 Å². The van der Waals surface area contributed by atoms with E-state index < -0.39 is 10.0 Å². The van der Waals surface area contributed by atoms with Crippen molar-refractivity contribution in [3.8, 4) is 0 Å². The number of nitrogens with two attached hydrogens (primary N) is 1. The molecule has 0 fully saturated rings. The lowest BCUT2D eigenvalue weighted by Gasteiger charge is -2.21. The lowest BCUT2D eigenvalue weighted by molar-refractivity contribution is 0.102. The molecule has 0 atom stereocenters. The van der Waals surface area contributed by atoms with E-state index in [0.717, 1.165) is 18.8 Å². The summed E-state index contributed by atoms with van der Waals surface area (Å²) in [6.07, 6.45) is 0. The fourth-order valence-electron chi connectivity index (χ4n) is 2.59. The Labute approximate surface area is 148 Å². The van der Waals surface area contributed by atoms with Crippen molar-refractivity contribution < 1.29 is 13.2 Å². The normalized spacial score (nSPS) is 11.2. The maximum Gasteiger partial charge on any atom is 0.255 e. The van der Waals surface area contributed by atoms with E-state index in [1.54, 1.807) is 13.0 Å². The maximum atomic E-state index is 12.4. The van der Waals surface area contributed by atoms with Gasteiger partial charge >= 0.3 is 0 Å². The smallest absolute Gasteiger partial charge is 0.255 e. The highest BCUT2D eigenvalue weighted by atomic mass is 32.2. The van der Waals surface area contributed by atoms with Crippen LogP contribution in [0.25, 0.3) is 0 Å². The third-order valence-corrected chi connectivity index (χ3v) is 4.79. The zero-order valence-electron chi connectivity index (χ0n) is 14.6. The molecule has 0 heterocycles. The molecule has 3 N–H and O–H groups in total. The van der Waals surface area contributed by atoms with E-state index in [0.29, 0.717) is 11.3 Å². The molecule has 2 rings (SSSR count). The van der Waals surface area contributed by atoms with Crippen molar-refractivity contribution in [1.29, 1.82) is 0 Å². The Kier molecular flexibility index (Phi) is 5.81. The second-order valence-electron chi connectivity index (χ2n) is 5.75. The number of rotatable bonds is 6. The molecule has 0 aliphatic carbocycles. The zero-order chi connectivity index (χ0) is 18.6. The van der Waals surface area contributed by atoms with Crippen molar-refractivity contribution in [3.05, 3.63) is 53.6 Å². The third-order valence-electron chi connectivity index (χ3n) is 3.90. The van der Waals surface area contributed by atoms with Crippen molar-refractivity contribution >= 4 is 27.3 Å². The SMILES string of the molecule is CCN(CC)c1ccc(NC(=O)c2cc(C)cc(S(N)(=O)=O)c2)cc1. The van der Waals surface area contributed by atoms with Crippen molar-refractivity contribution in [2.24, 2.45) is 5.14 Å². The molecule has 2 aromatic carbocycles. The van der Waals surface area contributed by atoms with Crippen LogP contribution in [-0.2, 0) is 10.0 Å². The van der Waals surface area contributed by atoms with E-state index in [9.17, 15) is 13.2 Å². The number of carbonyl (C=O) groups is 1. The number of anilines is 2. The molecule has 0 aromatic heterocycles. The van der Waals surface area contributed by atoms with Gasteiger partial charge in [0.05, 0.1) is 4.90 Å². The second-order valence-corrected chi connectivity index (χ2v) is 7.31. The summed E-state index contributed by atoms with van der Waals surface area (Å²) < 4.78 is 23.0. The fourth-order valence-corrected chi connectivity index (χ4v) is 3.23. The van der Waals surface area contributed by atoms with Gasteiger partial charge in [0.15, 0.2) is 0 Å². The zero-order valence-corrected chi connectivity index (χ0v) is 15.4. The fraction of sp³-hybridized carbons (Fsp3) is 0.278. The summed E-state index contributed by atoms with van der Waals surface area (Å²) in [5.41, 5.74) is 2.61. The number of hydrogen-bond donors (Lipinski definition) is 2. The highest BCUT2D eigenvalue weighted by Crippen LogP contribution is 2.19. The van der Waals surface area contributed by atoms with E-state index in [1.165, 1.54) is 12.1 Å². The van der Waals surface area contributed by atoms with Gasteiger partial charge in [0.1, 0.15) is 0 Å². The summed E-state index contributed by atoms with van der Waals surface area (Å²) >= 11 is 0. The summed E-state index contributed by atoms with van der Waals surface area (Å²) in [6.45, 7) is 7.69. The van der Waals surface area contributed by atoms with Crippen LogP contribution in [0.3, 0.4) is 0 Å². The number of amides is 1. The molecule has 25 heavy (non-hydrogen) atoms. The summed E-state index contributed by atoms with van der Waals surface area (Å²) in [6, 6.07) is 11.9. The lowest BCUT2D eigenvalue weighted by atomic mass is 10.1. The van der Waals surface area contributed by atoms with Gasteiger partial charge in [0.25, 0.3) is 5.91 Å². The van der Waals surface area contributed by atoms with E-state index in [-0.39, 0.29) is 16.4 Å². The summed E-state index contributed by atoms with van der Waals surface area (Å²) in [5, 5.41) is 7.93. The summed E-state index contributed by atoms with van der Waals surface area (Å²) in [5.74, 6) is -0.385. The third kappa shape index (κ3) is 4.80. The van der Waals surface area contributed by atoms with Gasteiger partial charge in [-0.25, -0.2) is 13.6 Å². The van der Waals surface area contributed by atoms with Crippen LogP contribution in [-0.4, -0.2) is 27.4 Å². The molecule has 0 spiro atoms. The average Bonchev–Trinajstić information content (AvgIpc) is 2.56. The molecule has 0 aliphatic heterocycles. The number of sulfonamides is 1. The molecule has 0 radical (unpaired) electrons. The molecule has 0 saturated heterocycles. The molecular formula is C18H23N3O3S. The number of nitrogens with zero attached hydrogens (tertiary/aromatic N) is 1. The Bertz CT molecular complexity index is 858. The number of aryl methyl sites for hydroxylation is 1. The van der Waals surface area contributed by atoms with Gasteiger partial charge in [0.2, 0.25) is 10.0 Å². The Morgan fingerprint density at radius 2 is 1.68 bits per heavy atom. The van der Waals surface area contributed by atoms with Gasteiger partial charge in [-0.05, 0) is 68.8 Å². The van der Waals surface area contributed by atoms with Crippen molar-refractivity contribution in [2.45, 2.75) is 25.7 Å². The monoisotopic (exact) mass is 361 g/mol. The Balaban J connectivity index is 2.21. The quantitative estimate of drug-likeness (QED) is 0.827. The minimum Gasteiger partial charge on any atom is -0.372 e. The van der Waals surface area contributed by atoms with Crippen molar-refractivity contribution in [3.63, 3.8) is 0 Å². The minimum atomic E-state index is -3.86. The first kappa shape index (κ1) is 19.0. The van der Waals surface area contributed by atoms with Gasteiger partial charge < -0.3 is 10.2 Å². The molecule has 0 saturated carbocycles. The van der Waals surface area contributed by atoms with E-state index in [1.807, 2.05) is 24.3 Å². The van der Waals surface area contributed by atoms with Gasteiger partial charge in [-0.1, -0.05) is 0 Å². The van der Waals surface area contributed by atoms with Gasteiger partial charge in [-0.2, -0.15) is 0 Å². The van der Waals surface area contributed by atoms with E-state index >= 15 is 0 Å². The Morgan fingerprint density at radius 1 is 1.08 bits per heavy atom. The van der Waals surface area contributed by atoms with Crippen LogP contribution in [0.2, 0.25) is 0 Å². The average molecular weight is 361 g/mol. The molecule has 0 aliphatic rings. The van der Waals surface area contributed by atoms with Gasteiger partial charge in [-0.15, -0.1) is 0 Å². The standard InChI is InChI=1S/C18H23N3O3S/c1-4-21(5-2)16-8-6-15(7-9-16)20-18(22)14-10-13(3)11-17(12-14)25(19,23)24/h6-12H,4-5H2,1-3H3,(H,20,22)(H2,19,23,24). The highest BCUT2D eigenvalue weighted by molar-refractivity contribution is 7.89. The maximum absolute atomic E-state index is 12.4. The minimum absolute atomic E-state index is 0.0745. The Hall–Kier alpha value is -2.38. The number of carbonyl (C=O) groups excluding carboxylic acids is 1. The molecule has 134 valence electrons. The molecule has 6 nitrogen and oxygen atoms in total. The van der Waals surface area contributed by atoms with Crippen LogP contribution in [0.15, 0.2) is 47.4 Å². The first-order chi connectivity index (χ1) is 11.7. The molecule has 7 heteroatoms. The predicted octanol–water partition coefficient (Wildman–Crippen LogP) is 2.74. The Morgan fingerprint density at radius 3 is 2.20 bits per heavy atom. The number of hydrogen-bond acceptors (Lipinski definition) is 4. The van der Waals surface area contributed by atoms with Crippen LogP contribution in [0.4, 0.5) is 11.4 Å². The van der Waals surface area contributed by atoms with E-state index in [4.69, 9.17) is 5.14 Å². The summed E-state index contributed by atoms with van der Waals surface area (Å²) in [4.78, 5) is 14.5. The van der Waals surface area contributed by atoms with Crippen LogP contribution in [0.1, 0.15) is 29.8 Å². The van der Waals surface area contributed by atoms with Crippen LogP contribution in [0, 0.1) is 6.92 Å². The van der Waals surface area contributed by atoms with Crippen LogP contribution >= 0.6 is 0 Å². The van der Waals surface area contributed by atoms with Gasteiger partial charge in [0, 0.05) is 30.0 Å². The second kappa shape index (κ2) is 7.67. The van der Waals surface area contributed by atoms with Crippen LogP contribution < -0.4 is 15.4 Å². The molecule has 0 unspecified atom stereocenters. The molecule has 0 bridgehead atoms. The topological polar surface area (TPSA) is 92.5 Å². The highest BCUT2D eigenvalue weighted by Gasteiger charge is 2.14. The lowest BCUT2D eigenvalue weighted by Crippen LogP contribution is -2.21. The first-order valence-corrected chi connectivity index (χ1v) is 9.60. The molecule has 1 amide bonds. The predicted molar refractivity (Wildman–Crippen MR) is 101 cm³/mol. The van der Waals surface area contributed by atoms with E-state index in [2.05, 4.69) is 24.1 Å². The number of nitrogens with one attached hydrogen (secondary N) is 1. The largest absolute Gasteiger partial charge is 0.372 e. The summed E-state index contributed by atoms with van der Waals surface area (Å²) in [7, 11) is -3.86. The molecule has 2 aromatic rings. The van der Waals surface area contributed by atoms with Crippen LogP contribution in [0.5, 0.6) is 0 Å². The van der Waals surface area contributed by atoms with Crippen molar-refractivity contribution in [1.82, 2.24) is 0 Å². The molecular weight excluding hydrogens is 338 g/mol.